The molecule has 1 unspecified atom stereocenters. The third-order valence-electron chi connectivity index (χ3n) is 3.39. The van der Waals surface area contributed by atoms with Gasteiger partial charge in [0.25, 0.3) is 0 Å². The molecule has 0 amide bonds. The first-order valence-electron chi connectivity index (χ1n) is 5.57. The van der Waals surface area contributed by atoms with Crippen LogP contribution in [-0.4, -0.2) is 19.1 Å². The highest BCUT2D eigenvalue weighted by Crippen LogP contribution is 2.49. The molecule has 0 bridgehead atoms. The zero-order valence-electron chi connectivity index (χ0n) is 9.48. The molecule has 1 saturated carbocycles. The average Bonchev–Trinajstić information content (AvgIpc) is 3.10. The molecular weight excluding hydrogens is 202 g/mol. The van der Waals surface area contributed by atoms with Crippen LogP contribution in [0.25, 0.3) is 0 Å². The quantitative estimate of drug-likeness (QED) is 0.781. The lowest BCUT2D eigenvalue weighted by molar-refractivity contribution is -0.147. The molecule has 1 aliphatic rings. The molecule has 86 valence electrons. The monoisotopic (exact) mass is 219 g/mol. The molecule has 0 aromatic heterocycles. The normalized spacial score (nSPS) is 18.9. The largest absolute Gasteiger partial charge is 0.469 e. The van der Waals surface area contributed by atoms with Gasteiger partial charge in [0.05, 0.1) is 12.5 Å². The Bertz CT molecular complexity index is 371. The Morgan fingerprint density at radius 1 is 1.44 bits per heavy atom. The number of carbonyl (C=O) groups is 1. The second-order valence-corrected chi connectivity index (χ2v) is 4.44. The predicted molar refractivity (Wildman–Crippen MR) is 61.8 cm³/mol. The SMILES string of the molecule is COC(=O)C1(C(N)Cc2ccccc2)CC1. The fourth-order valence-corrected chi connectivity index (χ4v) is 2.13. The van der Waals surface area contributed by atoms with E-state index in [0.29, 0.717) is 0 Å². The van der Waals surface area contributed by atoms with Crippen LogP contribution in [0.2, 0.25) is 0 Å². The van der Waals surface area contributed by atoms with Crippen LogP contribution in [0.5, 0.6) is 0 Å². The van der Waals surface area contributed by atoms with E-state index < -0.39 is 5.41 Å². The van der Waals surface area contributed by atoms with E-state index in [9.17, 15) is 4.79 Å². The van der Waals surface area contributed by atoms with Crippen LogP contribution in [0.4, 0.5) is 0 Å². The van der Waals surface area contributed by atoms with Crippen molar-refractivity contribution in [1.82, 2.24) is 0 Å². The van der Waals surface area contributed by atoms with Gasteiger partial charge in [0, 0.05) is 6.04 Å². The fraction of sp³-hybridized carbons (Fsp3) is 0.462. The molecule has 1 atom stereocenters. The zero-order chi connectivity index (χ0) is 11.6. The molecule has 0 heterocycles. The van der Waals surface area contributed by atoms with Gasteiger partial charge < -0.3 is 10.5 Å². The molecule has 0 radical (unpaired) electrons. The van der Waals surface area contributed by atoms with Gasteiger partial charge in [-0.25, -0.2) is 0 Å². The van der Waals surface area contributed by atoms with Crippen molar-refractivity contribution in [3.05, 3.63) is 35.9 Å². The van der Waals surface area contributed by atoms with E-state index in [1.807, 2.05) is 30.3 Å². The number of esters is 1. The van der Waals surface area contributed by atoms with Crippen molar-refractivity contribution in [3.63, 3.8) is 0 Å². The van der Waals surface area contributed by atoms with Crippen molar-refractivity contribution >= 4 is 5.97 Å². The average molecular weight is 219 g/mol. The van der Waals surface area contributed by atoms with Crippen molar-refractivity contribution in [2.45, 2.75) is 25.3 Å². The minimum Gasteiger partial charge on any atom is -0.469 e. The second-order valence-electron chi connectivity index (χ2n) is 4.44. The first-order valence-corrected chi connectivity index (χ1v) is 5.57. The number of ether oxygens (including phenoxy) is 1. The first-order chi connectivity index (χ1) is 7.69. The van der Waals surface area contributed by atoms with Gasteiger partial charge in [-0.1, -0.05) is 30.3 Å². The summed E-state index contributed by atoms with van der Waals surface area (Å²) in [4.78, 5) is 11.6. The van der Waals surface area contributed by atoms with E-state index in [2.05, 4.69) is 0 Å². The minimum absolute atomic E-state index is 0.137. The summed E-state index contributed by atoms with van der Waals surface area (Å²) in [6, 6.07) is 9.88. The Morgan fingerprint density at radius 2 is 2.06 bits per heavy atom. The summed E-state index contributed by atoms with van der Waals surface area (Å²) in [7, 11) is 1.43. The molecule has 16 heavy (non-hydrogen) atoms. The van der Waals surface area contributed by atoms with Crippen LogP contribution in [-0.2, 0) is 16.0 Å². The van der Waals surface area contributed by atoms with Gasteiger partial charge in [0.1, 0.15) is 0 Å². The van der Waals surface area contributed by atoms with Gasteiger partial charge in [-0.05, 0) is 24.8 Å². The molecule has 0 spiro atoms. The molecule has 2 rings (SSSR count). The van der Waals surface area contributed by atoms with E-state index in [1.165, 1.54) is 12.7 Å². The van der Waals surface area contributed by atoms with Crippen LogP contribution >= 0.6 is 0 Å². The molecule has 1 aromatic carbocycles. The van der Waals surface area contributed by atoms with E-state index in [1.54, 1.807) is 0 Å². The lowest BCUT2D eigenvalue weighted by atomic mass is 9.91. The number of rotatable bonds is 4. The van der Waals surface area contributed by atoms with Gasteiger partial charge in [-0.3, -0.25) is 4.79 Å². The molecule has 0 aliphatic heterocycles. The Kier molecular flexibility index (Phi) is 2.97. The van der Waals surface area contributed by atoms with Gasteiger partial charge in [0.2, 0.25) is 0 Å². The van der Waals surface area contributed by atoms with Gasteiger partial charge in [-0.2, -0.15) is 0 Å². The standard InChI is InChI=1S/C13H17NO2/c1-16-12(15)13(7-8-13)11(14)9-10-5-3-2-4-6-10/h2-6,11H,7-9,14H2,1H3. The van der Waals surface area contributed by atoms with Gasteiger partial charge in [0.15, 0.2) is 0 Å². The Labute approximate surface area is 95.6 Å². The maximum absolute atomic E-state index is 11.6. The summed E-state index contributed by atoms with van der Waals surface area (Å²) in [6.45, 7) is 0. The fourth-order valence-electron chi connectivity index (χ4n) is 2.13. The summed E-state index contributed by atoms with van der Waals surface area (Å²) >= 11 is 0. The summed E-state index contributed by atoms with van der Waals surface area (Å²) in [5.41, 5.74) is 6.88. The Morgan fingerprint density at radius 3 is 2.56 bits per heavy atom. The highest BCUT2D eigenvalue weighted by Gasteiger charge is 2.55. The van der Waals surface area contributed by atoms with Crippen molar-refractivity contribution < 1.29 is 9.53 Å². The van der Waals surface area contributed by atoms with E-state index in [-0.39, 0.29) is 12.0 Å². The van der Waals surface area contributed by atoms with Crippen molar-refractivity contribution in [3.8, 4) is 0 Å². The summed E-state index contributed by atoms with van der Waals surface area (Å²) in [6.07, 6.45) is 2.44. The van der Waals surface area contributed by atoms with E-state index in [0.717, 1.165) is 19.3 Å². The Hall–Kier alpha value is -1.35. The number of methoxy groups -OCH3 is 1. The molecule has 1 aromatic rings. The molecule has 3 heteroatoms. The van der Waals surface area contributed by atoms with Crippen molar-refractivity contribution in [2.75, 3.05) is 7.11 Å². The summed E-state index contributed by atoms with van der Waals surface area (Å²) in [5.74, 6) is -0.157. The lowest BCUT2D eigenvalue weighted by Gasteiger charge is -2.20. The first kappa shape index (κ1) is 11.1. The highest BCUT2D eigenvalue weighted by atomic mass is 16.5. The molecule has 1 aliphatic carbocycles. The van der Waals surface area contributed by atoms with Crippen LogP contribution < -0.4 is 5.73 Å². The zero-order valence-corrected chi connectivity index (χ0v) is 9.48. The number of carbonyl (C=O) groups excluding carboxylic acids is 1. The van der Waals surface area contributed by atoms with Crippen LogP contribution in [0, 0.1) is 5.41 Å². The van der Waals surface area contributed by atoms with Crippen molar-refractivity contribution in [1.29, 1.82) is 0 Å². The van der Waals surface area contributed by atoms with Crippen LogP contribution in [0.15, 0.2) is 30.3 Å². The number of benzene rings is 1. The van der Waals surface area contributed by atoms with Gasteiger partial charge >= 0.3 is 5.97 Å². The maximum Gasteiger partial charge on any atom is 0.313 e. The third kappa shape index (κ3) is 1.95. The molecule has 3 nitrogen and oxygen atoms in total. The molecule has 1 fully saturated rings. The number of hydrogen-bond donors (Lipinski definition) is 1. The van der Waals surface area contributed by atoms with Gasteiger partial charge in [-0.15, -0.1) is 0 Å². The van der Waals surface area contributed by atoms with Crippen molar-refractivity contribution in [2.24, 2.45) is 11.1 Å². The minimum atomic E-state index is -0.412. The maximum atomic E-state index is 11.6. The molecular formula is C13H17NO2. The third-order valence-corrected chi connectivity index (χ3v) is 3.39. The second kappa shape index (κ2) is 4.26. The van der Waals surface area contributed by atoms with E-state index in [4.69, 9.17) is 10.5 Å². The van der Waals surface area contributed by atoms with E-state index >= 15 is 0 Å². The highest BCUT2D eigenvalue weighted by molar-refractivity contribution is 5.80. The smallest absolute Gasteiger partial charge is 0.313 e. The van der Waals surface area contributed by atoms with Crippen LogP contribution in [0.1, 0.15) is 18.4 Å². The van der Waals surface area contributed by atoms with Crippen LogP contribution in [0.3, 0.4) is 0 Å². The number of hydrogen-bond acceptors (Lipinski definition) is 3. The summed E-state index contributed by atoms with van der Waals surface area (Å²) in [5, 5.41) is 0. The topological polar surface area (TPSA) is 52.3 Å². The lowest BCUT2D eigenvalue weighted by Crippen LogP contribution is -2.39. The summed E-state index contributed by atoms with van der Waals surface area (Å²) < 4.78 is 4.82. The molecule has 2 N–H and O–H groups in total. The molecule has 0 saturated heterocycles. The predicted octanol–water partition coefficient (Wildman–Crippen LogP) is 1.51. The number of nitrogens with two attached hydrogens (primary N) is 1. The Balaban J connectivity index is 2.04.